The molecule has 7 nitrogen and oxygen atoms in total. The second kappa shape index (κ2) is 10.3. The second-order valence-electron chi connectivity index (χ2n) is 7.77. The topological polar surface area (TPSA) is 84.2 Å². The molecule has 0 radical (unpaired) electrons. The predicted octanol–water partition coefficient (Wildman–Crippen LogP) is 6.40. The fourth-order valence-electron chi connectivity index (χ4n) is 3.62. The molecule has 0 saturated heterocycles. The molecule has 0 N–H and O–H groups in total. The number of alkyl halides is 3. The maximum atomic E-state index is 13.9. The van der Waals surface area contributed by atoms with Crippen molar-refractivity contribution in [2.24, 2.45) is 0 Å². The lowest BCUT2D eigenvalue weighted by Gasteiger charge is -2.14. The maximum Gasteiger partial charge on any atom is 0.453 e. The summed E-state index contributed by atoms with van der Waals surface area (Å²) in [7, 11) is 2.71. The van der Waals surface area contributed by atoms with Crippen molar-refractivity contribution in [3.63, 3.8) is 0 Å². The maximum absolute atomic E-state index is 13.9. The van der Waals surface area contributed by atoms with E-state index in [1.807, 2.05) is 6.92 Å². The first-order chi connectivity index (χ1) is 17.7. The lowest BCUT2D eigenvalue weighted by atomic mass is 10.1. The van der Waals surface area contributed by atoms with Crippen LogP contribution in [0.4, 0.5) is 13.2 Å². The Bertz CT molecular complexity index is 1480. The van der Waals surface area contributed by atoms with Gasteiger partial charge in [-0.1, -0.05) is 25.1 Å². The molecule has 192 valence electrons. The third-order valence-electron chi connectivity index (χ3n) is 5.47. The van der Waals surface area contributed by atoms with Crippen LogP contribution in [0.3, 0.4) is 0 Å². The monoisotopic (exact) mass is 514 g/mol. The number of benzene rings is 3. The zero-order chi connectivity index (χ0) is 26.7. The van der Waals surface area contributed by atoms with Crippen LogP contribution >= 0.6 is 0 Å². The number of carbonyl (C=O) groups is 1. The highest BCUT2D eigenvalue weighted by Gasteiger charge is 2.40. The summed E-state index contributed by atoms with van der Waals surface area (Å²) in [4.78, 5) is 25.9. The van der Waals surface area contributed by atoms with Gasteiger partial charge in [-0.3, -0.25) is 4.79 Å². The molecule has 0 fully saturated rings. The first kappa shape index (κ1) is 25.6. The van der Waals surface area contributed by atoms with Crippen molar-refractivity contribution < 1.29 is 41.3 Å². The molecule has 0 aliphatic carbocycles. The Labute approximate surface area is 208 Å². The van der Waals surface area contributed by atoms with Gasteiger partial charge in [-0.05, 0) is 48.4 Å². The fraction of sp³-hybridized carbons (Fsp3) is 0.185. The molecule has 0 aliphatic rings. The van der Waals surface area contributed by atoms with E-state index in [1.165, 1.54) is 50.6 Å². The number of ether oxygens (including phenoxy) is 4. The number of hydrogen-bond acceptors (Lipinski definition) is 7. The lowest BCUT2D eigenvalue weighted by molar-refractivity contribution is -0.154. The van der Waals surface area contributed by atoms with Gasteiger partial charge in [0.25, 0.3) is 5.76 Å². The number of rotatable bonds is 7. The standard InChI is InChI=1S/C27H21F3O7/c1-4-15-8-10-16(11-9-15)35-24-23(31)18-13-12-17(14-21(18)37-25(24)27(28,29)30)36-26(32)22-19(33-2)6-5-7-20(22)34-3/h5-14H,4H2,1-3H3. The Balaban J connectivity index is 1.75. The summed E-state index contributed by atoms with van der Waals surface area (Å²) in [5.41, 5.74) is -0.551. The first-order valence-corrected chi connectivity index (χ1v) is 11.0. The van der Waals surface area contributed by atoms with Crippen molar-refractivity contribution in [1.82, 2.24) is 0 Å². The van der Waals surface area contributed by atoms with Crippen molar-refractivity contribution in [2.75, 3.05) is 14.2 Å². The Morgan fingerprint density at radius 1 is 0.919 bits per heavy atom. The zero-order valence-corrected chi connectivity index (χ0v) is 20.0. The van der Waals surface area contributed by atoms with Crippen molar-refractivity contribution >= 4 is 16.9 Å². The van der Waals surface area contributed by atoms with Gasteiger partial charge in [-0.15, -0.1) is 0 Å². The summed E-state index contributed by atoms with van der Waals surface area (Å²) >= 11 is 0. The van der Waals surface area contributed by atoms with Crippen LogP contribution in [0.1, 0.15) is 28.6 Å². The summed E-state index contributed by atoms with van der Waals surface area (Å²) in [5.74, 6) is -3.26. The highest BCUT2D eigenvalue weighted by Crippen LogP contribution is 2.39. The van der Waals surface area contributed by atoms with Crippen molar-refractivity contribution in [3.05, 3.63) is 87.8 Å². The minimum absolute atomic E-state index is 0.0251. The molecule has 0 bridgehead atoms. The van der Waals surface area contributed by atoms with Gasteiger partial charge in [0.1, 0.15) is 34.1 Å². The Hall–Kier alpha value is -4.47. The van der Waals surface area contributed by atoms with Crippen LogP contribution in [0.2, 0.25) is 0 Å². The van der Waals surface area contributed by atoms with Crippen LogP contribution in [0.25, 0.3) is 11.0 Å². The minimum Gasteiger partial charge on any atom is -0.496 e. The van der Waals surface area contributed by atoms with Crippen molar-refractivity contribution in [1.29, 1.82) is 0 Å². The number of aryl methyl sites for hydroxylation is 1. The van der Waals surface area contributed by atoms with Gasteiger partial charge in [0, 0.05) is 6.07 Å². The Kier molecular flexibility index (Phi) is 7.10. The van der Waals surface area contributed by atoms with E-state index in [9.17, 15) is 22.8 Å². The SMILES string of the molecule is CCc1ccc(Oc2c(C(F)(F)F)oc3cc(OC(=O)c4c(OC)cccc4OC)ccc3c2=O)cc1. The number of hydrogen-bond donors (Lipinski definition) is 0. The zero-order valence-electron chi connectivity index (χ0n) is 20.0. The number of fused-ring (bicyclic) bond motifs is 1. The molecule has 10 heteroatoms. The normalized spacial score (nSPS) is 11.3. The lowest BCUT2D eigenvalue weighted by Crippen LogP contribution is -2.16. The van der Waals surface area contributed by atoms with E-state index in [0.29, 0.717) is 0 Å². The number of methoxy groups -OCH3 is 2. The van der Waals surface area contributed by atoms with Crippen LogP contribution < -0.4 is 24.4 Å². The van der Waals surface area contributed by atoms with E-state index in [1.54, 1.807) is 18.2 Å². The molecule has 4 aromatic rings. The molecule has 1 heterocycles. The smallest absolute Gasteiger partial charge is 0.453 e. The van der Waals surface area contributed by atoms with Gasteiger partial charge in [0.05, 0.1) is 19.6 Å². The van der Waals surface area contributed by atoms with Crippen molar-refractivity contribution in [2.45, 2.75) is 19.5 Å². The summed E-state index contributed by atoms with van der Waals surface area (Å²) in [5, 5.41) is -0.192. The van der Waals surface area contributed by atoms with E-state index in [-0.39, 0.29) is 33.9 Å². The van der Waals surface area contributed by atoms with Gasteiger partial charge in [0.2, 0.25) is 11.2 Å². The molecular formula is C27H21F3O7. The van der Waals surface area contributed by atoms with Gasteiger partial charge in [-0.25, -0.2) is 4.79 Å². The second-order valence-corrected chi connectivity index (χ2v) is 7.77. The van der Waals surface area contributed by atoms with Crippen LogP contribution in [0.15, 0.2) is 69.9 Å². The minimum atomic E-state index is -5.04. The molecule has 37 heavy (non-hydrogen) atoms. The molecule has 0 saturated carbocycles. The molecule has 0 spiro atoms. The van der Waals surface area contributed by atoms with E-state index in [2.05, 4.69) is 0 Å². The molecular weight excluding hydrogens is 493 g/mol. The van der Waals surface area contributed by atoms with Gasteiger partial charge >= 0.3 is 12.1 Å². The molecule has 1 aromatic heterocycles. The molecule has 4 rings (SSSR count). The number of esters is 1. The van der Waals surface area contributed by atoms with E-state index < -0.39 is 34.7 Å². The molecule has 0 atom stereocenters. The highest BCUT2D eigenvalue weighted by molar-refractivity contribution is 5.97. The Morgan fingerprint density at radius 2 is 1.54 bits per heavy atom. The third-order valence-corrected chi connectivity index (χ3v) is 5.47. The summed E-state index contributed by atoms with van der Waals surface area (Å²) in [6.07, 6.45) is -4.31. The number of halogens is 3. The molecule has 0 unspecified atom stereocenters. The van der Waals surface area contributed by atoms with Gasteiger partial charge < -0.3 is 23.4 Å². The summed E-state index contributed by atoms with van der Waals surface area (Å²) in [6.45, 7) is 1.92. The Morgan fingerprint density at radius 3 is 2.11 bits per heavy atom. The molecule has 3 aromatic carbocycles. The van der Waals surface area contributed by atoms with E-state index >= 15 is 0 Å². The average Bonchev–Trinajstić information content (AvgIpc) is 2.89. The fourth-order valence-corrected chi connectivity index (χ4v) is 3.62. The van der Waals surface area contributed by atoms with Crippen LogP contribution in [-0.2, 0) is 12.6 Å². The van der Waals surface area contributed by atoms with Crippen LogP contribution in [-0.4, -0.2) is 20.2 Å². The molecule has 0 amide bonds. The first-order valence-electron chi connectivity index (χ1n) is 11.0. The quantitative estimate of drug-likeness (QED) is 0.208. The van der Waals surface area contributed by atoms with Gasteiger partial charge in [-0.2, -0.15) is 13.2 Å². The van der Waals surface area contributed by atoms with E-state index in [4.69, 9.17) is 23.4 Å². The third kappa shape index (κ3) is 5.23. The van der Waals surface area contributed by atoms with Crippen LogP contribution in [0, 0.1) is 0 Å². The van der Waals surface area contributed by atoms with Gasteiger partial charge in [0.15, 0.2) is 0 Å². The largest absolute Gasteiger partial charge is 0.496 e. The molecule has 0 aliphatic heterocycles. The summed E-state index contributed by atoms with van der Waals surface area (Å²) in [6, 6.07) is 14.4. The van der Waals surface area contributed by atoms with E-state index in [0.717, 1.165) is 18.1 Å². The average molecular weight is 514 g/mol. The summed E-state index contributed by atoms with van der Waals surface area (Å²) < 4.78 is 67.7. The van der Waals surface area contributed by atoms with Crippen molar-refractivity contribution in [3.8, 4) is 28.7 Å². The number of carbonyl (C=O) groups excluding carboxylic acids is 1. The highest BCUT2D eigenvalue weighted by atomic mass is 19.4. The van der Waals surface area contributed by atoms with Crippen LogP contribution in [0.5, 0.6) is 28.7 Å². The predicted molar refractivity (Wildman–Crippen MR) is 128 cm³/mol.